The Morgan fingerprint density at radius 1 is 1.07 bits per heavy atom. The number of benzene rings is 1. The second kappa shape index (κ2) is 4.07. The van der Waals surface area contributed by atoms with Crippen LogP contribution in [0.3, 0.4) is 0 Å². The van der Waals surface area contributed by atoms with Crippen molar-refractivity contribution in [2.24, 2.45) is 0 Å². The molecule has 1 aromatic carbocycles. The van der Waals surface area contributed by atoms with Crippen LogP contribution < -0.4 is 4.43 Å². The first-order chi connectivity index (χ1) is 6.29. The van der Waals surface area contributed by atoms with Gasteiger partial charge in [-0.15, -0.1) is 0 Å². The predicted molar refractivity (Wildman–Crippen MR) is 67.6 cm³/mol. The highest BCUT2D eigenvalue weighted by molar-refractivity contribution is 9.10. The third kappa shape index (κ3) is 3.14. The molecule has 0 spiro atoms. The summed E-state index contributed by atoms with van der Waals surface area (Å²) in [6.45, 7) is 10.8. The summed E-state index contributed by atoms with van der Waals surface area (Å²) in [7, 11) is -1.49. The summed E-state index contributed by atoms with van der Waals surface area (Å²) in [5.41, 5.74) is 2.42. The summed E-state index contributed by atoms with van der Waals surface area (Å²) in [6, 6.07) is 4.22. The first-order valence-corrected chi connectivity index (χ1v) is 8.95. The van der Waals surface area contributed by atoms with E-state index < -0.39 is 8.32 Å². The molecule has 0 unspecified atom stereocenters. The zero-order valence-electron chi connectivity index (χ0n) is 9.44. The lowest BCUT2D eigenvalue weighted by Gasteiger charge is -2.21. The Hall–Kier alpha value is -0.283. The van der Waals surface area contributed by atoms with E-state index in [9.17, 15) is 0 Å². The zero-order chi connectivity index (χ0) is 10.9. The third-order valence-corrected chi connectivity index (χ3v) is 3.56. The molecule has 0 atom stereocenters. The third-order valence-electron chi connectivity index (χ3n) is 1.87. The van der Waals surface area contributed by atoms with E-state index in [1.54, 1.807) is 0 Å². The molecule has 3 heteroatoms. The van der Waals surface area contributed by atoms with Crippen LogP contribution in [0.25, 0.3) is 0 Å². The molecule has 0 aromatic heterocycles. The van der Waals surface area contributed by atoms with E-state index in [4.69, 9.17) is 4.43 Å². The van der Waals surface area contributed by atoms with Crippen LogP contribution in [-0.4, -0.2) is 8.32 Å². The van der Waals surface area contributed by atoms with Gasteiger partial charge in [0.1, 0.15) is 5.75 Å². The first kappa shape index (κ1) is 11.8. The number of aryl methyl sites for hydroxylation is 2. The summed E-state index contributed by atoms with van der Waals surface area (Å²) >= 11 is 3.52. The number of halogens is 1. The molecule has 0 saturated heterocycles. The molecule has 0 radical (unpaired) electrons. The highest BCUT2D eigenvalue weighted by Crippen LogP contribution is 2.28. The lowest BCUT2D eigenvalue weighted by Crippen LogP contribution is -2.29. The predicted octanol–water partition coefficient (Wildman–Crippen LogP) is 4.28. The van der Waals surface area contributed by atoms with Crippen LogP contribution in [0.2, 0.25) is 19.6 Å². The molecule has 1 aromatic rings. The van der Waals surface area contributed by atoms with Gasteiger partial charge in [-0.3, -0.25) is 0 Å². The second-order valence-electron chi connectivity index (χ2n) is 4.58. The molecule has 0 heterocycles. The van der Waals surface area contributed by atoms with E-state index in [0.29, 0.717) is 0 Å². The van der Waals surface area contributed by atoms with Crippen LogP contribution in [0.4, 0.5) is 0 Å². The molecular weight excluding hydrogens is 256 g/mol. The molecule has 0 aliphatic rings. The fraction of sp³-hybridized carbons (Fsp3) is 0.455. The summed E-state index contributed by atoms with van der Waals surface area (Å²) in [5.74, 6) is 1.03. The van der Waals surface area contributed by atoms with Crippen LogP contribution in [-0.2, 0) is 0 Å². The molecule has 0 N–H and O–H groups in total. The van der Waals surface area contributed by atoms with Crippen molar-refractivity contribution in [3.8, 4) is 5.75 Å². The lowest BCUT2D eigenvalue weighted by atomic mass is 10.1. The Balaban J connectivity index is 3.04. The molecule has 0 aliphatic heterocycles. The van der Waals surface area contributed by atoms with Gasteiger partial charge in [-0.05, 0) is 56.7 Å². The quantitative estimate of drug-likeness (QED) is 0.731. The van der Waals surface area contributed by atoms with Crippen LogP contribution in [0.5, 0.6) is 5.75 Å². The minimum Gasteiger partial charge on any atom is -0.544 e. The van der Waals surface area contributed by atoms with Gasteiger partial charge in [0.25, 0.3) is 0 Å². The van der Waals surface area contributed by atoms with Gasteiger partial charge in [0.15, 0.2) is 0 Å². The SMILES string of the molecule is Cc1cc(O[Si](C)(C)C)c(C)cc1Br. The summed E-state index contributed by atoms with van der Waals surface area (Å²) in [5, 5.41) is 0. The maximum atomic E-state index is 5.99. The zero-order valence-corrected chi connectivity index (χ0v) is 12.0. The highest BCUT2D eigenvalue weighted by atomic mass is 79.9. The van der Waals surface area contributed by atoms with Gasteiger partial charge in [0.2, 0.25) is 8.32 Å². The lowest BCUT2D eigenvalue weighted by molar-refractivity contribution is 0.552. The van der Waals surface area contributed by atoms with Crippen LogP contribution in [0.15, 0.2) is 16.6 Å². The molecule has 78 valence electrons. The van der Waals surface area contributed by atoms with E-state index in [1.165, 1.54) is 11.1 Å². The summed E-state index contributed by atoms with van der Waals surface area (Å²) < 4.78 is 7.14. The minimum absolute atomic E-state index is 1.03. The second-order valence-corrected chi connectivity index (χ2v) is 9.86. The van der Waals surface area contributed by atoms with E-state index in [1.807, 2.05) is 0 Å². The fourth-order valence-corrected chi connectivity index (χ4v) is 2.53. The van der Waals surface area contributed by atoms with Crippen molar-refractivity contribution in [1.82, 2.24) is 0 Å². The van der Waals surface area contributed by atoms with Gasteiger partial charge in [-0.2, -0.15) is 0 Å². The van der Waals surface area contributed by atoms with Gasteiger partial charge in [-0.25, -0.2) is 0 Å². The minimum atomic E-state index is -1.49. The van der Waals surface area contributed by atoms with E-state index >= 15 is 0 Å². The molecule has 0 fully saturated rings. The van der Waals surface area contributed by atoms with Gasteiger partial charge in [-0.1, -0.05) is 15.9 Å². The van der Waals surface area contributed by atoms with E-state index in [0.717, 1.165) is 10.2 Å². The van der Waals surface area contributed by atoms with E-state index in [2.05, 4.69) is 61.6 Å². The average molecular weight is 273 g/mol. The van der Waals surface area contributed by atoms with Gasteiger partial charge in [0, 0.05) is 4.47 Å². The highest BCUT2D eigenvalue weighted by Gasteiger charge is 2.17. The maximum Gasteiger partial charge on any atom is 0.242 e. The molecule has 0 bridgehead atoms. The van der Waals surface area contributed by atoms with E-state index in [-0.39, 0.29) is 0 Å². The van der Waals surface area contributed by atoms with Crippen molar-refractivity contribution in [2.75, 3.05) is 0 Å². The molecule has 0 amide bonds. The maximum absolute atomic E-state index is 5.99. The van der Waals surface area contributed by atoms with Crippen molar-refractivity contribution in [1.29, 1.82) is 0 Å². The average Bonchev–Trinajstić information content (AvgIpc) is 1.97. The first-order valence-electron chi connectivity index (χ1n) is 4.75. The Morgan fingerprint density at radius 2 is 1.64 bits per heavy atom. The van der Waals surface area contributed by atoms with Crippen LogP contribution in [0, 0.1) is 13.8 Å². The van der Waals surface area contributed by atoms with Crippen molar-refractivity contribution in [3.63, 3.8) is 0 Å². The number of hydrogen-bond donors (Lipinski definition) is 0. The van der Waals surface area contributed by atoms with Crippen LogP contribution in [0.1, 0.15) is 11.1 Å². The van der Waals surface area contributed by atoms with Crippen molar-refractivity contribution in [2.45, 2.75) is 33.5 Å². The van der Waals surface area contributed by atoms with Crippen LogP contribution >= 0.6 is 15.9 Å². The normalized spacial score (nSPS) is 11.6. The Labute approximate surface area is 95.7 Å². The Kier molecular flexibility index (Phi) is 3.43. The topological polar surface area (TPSA) is 9.23 Å². The van der Waals surface area contributed by atoms with Gasteiger partial charge >= 0.3 is 0 Å². The van der Waals surface area contributed by atoms with Gasteiger partial charge < -0.3 is 4.43 Å². The number of rotatable bonds is 2. The molecule has 1 rings (SSSR count). The summed E-state index contributed by atoms with van der Waals surface area (Å²) in [4.78, 5) is 0. The molecular formula is C11H17BrOSi. The Morgan fingerprint density at radius 3 is 2.14 bits per heavy atom. The van der Waals surface area contributed by atoms with Gasteiger partial charge in [0.05, 0.1) is 0 Å². The monoisotopic (exact) mass is 272 g/mol. The number of hydrogen-bond acceptors (Lipinski definition) is 1. The Bertz CT molecular complexity index is 342. The standard InChI is InChI=1S/C11H17BrOSi/c1-8-7-11(13-14(3,4)5)9(2)6-10(8)12/h6-7H,1-5H3. The molecule has 0 saturated carbocycles. The molecule has 0 aliphatic carbocycles. The molecule has 14 heavy (non-hydrogen) atoms. The van der Waals surface area contributed by atoms with Crippen molar-refractivity contribution < 1.29 is 4.43 Å². The van der Waals surface area contributed by atoms with Crippen molar-refractivity contribution >= 4 is 24.2 Å². The summed E-state index contributed by atoms with van der Waals surface area (Å²) in [6.07, 6.45) is 0. The molecule has 1 nitrogen and oxygen atoms in total. The fourth-order valence-electron chi connectivity index (χ4n) is 1.19. The smallest absolute Gasteiger partial charge is 0.242 e. The van der Waals surface area contributed by atoms with Crippen molar-refractivity contribution in [3.05, 3.63) is 27.7 Å². The largest absolute Gasteiger partial charge is 0.544 e.